The summed E-state index contributed by atoms with van der Waals surface area (Å²) in [6, 6.07) is 7.01. The number of benzene rings is 1. The Balaban J connectivity index is 1.23. The average Bonchev–Trinajstić information content (AvgIpc) is 3.61. The average molecular weight is 569 g/mol. The van der Waals surface area contributed by atoms with Crippen LogP contribution in [-0.4, -0.2) is 97.0 Å². The molecule has 5 aliphatic rings. The predicted octanol–water partition coefficient (Wildman–Crippen LogP) is 2.67. The number of rotatable bonds is 9. The van der Waals surface area contributed by atoms with Crippen LogP contribution in [0.4, 0.5) is 5.69 Å². The van der Waals surface area contributed by atoms with Gasteiger partial charge in [-0.15, -0.1) is 11.8 Å². The summed E-state index contributed by atoms with van der Waals surface area (Å²) in [5, 5.41) is 6.29. The van der Waals surface area contributed by atoms with E-state index in [1.807, 2.05) is 42.7 Å². The number of nitrogens with zero attached hydrogens (tertiary/aromatic N) is 2. The fourth-order valence-electron chi connectivity index (χ4n) is 7.25. The summed E-state index contributed by atoms with van der Waals surface area (Å²) < 4.78 is 12.0. The Bertz CT molecular complexity index is 1150. The van der Waals surface area contributed by atoms with Crippen LogP contribution in [0.5, 0.6) is 0 Å². The van der Waals surface area contributed by atoms with E-state index < -0.39 is 29.6 Å². The summed E-state index contributed by atoms with van der Waals surface area (Å²) in [6.07, 6.45) is 11.3. The summed E-state index contributed by atoms with van der Waals surface area (Å²) >= 11 is 1.60. The van der Waals surface area contributed by atoms with Crippen molar-refractivity contribution in [2.24, 2.45) is 11.8 Å². The van der Waals surface area contributed by atoms with Gasteiger partial charge in [-0.1, -0.05) is 37.5 Å². The zero-order chi connectivity index (χ0) is 27.7. The molecule has 1 saturated carbocycles. The van der Waals surface area contributed by atoms with Crippen LogP contribution < -0.4 is 10.6 Å². The molecule has 1 spiro atoms. The molecule has 5 atom stereocenters. The van der Waals surface area contributed by atoms with Gasteiger partial charge in [0.15, 0.2) is 0 Å². The maximum Gasteiger partial charge on any atom is 0.246 e. The monoisotopic (exact) mass is 568 g/mol. The summed E-state index contributed by atoms with van der Waals surface area (Å²) in [5.41, 5.74) is -0.431. The van der Waals surface area contributed by atoms with Gasteiger partial charge in [-0.3, -0.25) is 19.3 Å². The van der Waals surface area contributed by atoms with Gasteiger partial charge in [-0.2, -0.15) is 0 Å². The first-order valence-corrected chi connectivity index (χ1v) is 16.0. The van der Waals surface area contributed by atoms with Crippen LogP contribution in [0.25, 0.3) is 0 Å². The molecule has 4 fully saturated rings. The molecule has 10 heteroatoms. The third-order valence-electron chi connectivity index (χ3n) is 9.19. The first-order valence-electron chi connectivity index (χ1n) is 14.7. The second-order valence-electron chi connectivity index (χ2n) is 11.6. The van der Waals surface area contributed by atoms with Crippen LogP contribution >= 0.6 is 11.8 Å². The number of nitrogens with one attached hydrogen (secondary N) is 2. The summed E-state index contributed by atoms with van der Waals surface area (Å²) in [7, 11) is 0. The van der Waals surface area contributed by atoms with Crippen LogP contribution in [0.3, 0.4) is 0 Å². The molecule has 216 valence electrons. The van der Waals surface area contributed by atoms with E-state index in [4.69, 9.17) is 9.47 Å². The molecule has 4 heterocycles. The third-order valence-corrected chi connectivity index (χ3v) is 9.92. The minimum absolute atomic E-state index is 0.118. The number of likely N-dealkylation sites (tertiary alicyclic amines) is 1. The number of fused-ring (bicyclic) bond motifs is 1. The van der Waals surface area contributed by atoms with Crippen molar-refractivity contribution in [1.82, 2.24) is 15.1 Å². The molecule has 1 aliphatic carbocycles. The molecule has 1 aromatic carbocycles. The summed E-state index contributed by atoms with van der Waals surface area (Å²) in [6.45, 7) is 4.47. The summed E-state index contributed by atoms with van der Waals surface area (Å²) in [4.78, 5) is 46.9. The molecule has 2 N–H and O–H groups in total. The smallest absolute Gasteiger partial charge is 0.246 e. The number of carbonyl (C=O) groups excluding carboxylic acids is 3. The fourth-order valence-corrected chi connectivity index (χ4v) is 7.71. The summed E-state index contributed by atoms with van der Waals surface area (Å²) in [5.74, 6) is -1.97. The Morgan fingerprint density at radius 3 is 2.67 bits per heavy atom. The van der Waals surface area contributed by atoms with E-state index in [-0.39, 0.29) is 23.8 Å². The molecule has 2 bridgehead atoms. The Kier molecular flexibility index (Phi) is 8.21. The molecule has 3 amide bonds. The van der Waals surface area contributed by atoms with E-state index in [1.165, 1.54) is 6.42 Å². The number of hydrogen-bond acceptors (Lipinski definition) is 7. The third kappa shape index (κ3) is 5.19. The first-order chi connectivity index (χ1) is 19.5. The van der Waals surface area contributed by atoms with Crippen molar-refractivity contribution in [2.75, 3.05) is 51.0 Å². The molecular weight excluding hydrogens is 528 g/mol. The molecule has 40 heavy (non-hydrogen) atoms. The lowest BCUT2D eigenvalue weighted by Crippen LogP contribution is -2.56. The zero-order valence-electron chi connectivity index (χ0n) is 23.2. The van der Waals surface area contributed by atoms with E-state index in [1.54, 1.807) is 16.7 Å². The first kappa shape index (κ1) is 27.8. The predicted molar refractivity (Wildman–Crippen MR) is 153 cm³/mol. The van der Waals surface area contributed by atoms with Gasteiger partial charge in [0, 0.05) is 42.8 Å². The van der Waals surface area contributed by atoms with Gasteiger partial charge in [0.05, 0.1) is 31.2 Å². The zero-order valence-corrected chi connectivity index (χ0v) is 24.0. The van der Waals surface area contributed by atoms with Gasteiger partial charge >= 0.3 is 0 Å². The van der Waals surface area contributed by atoms with E-state index >= 15 is 0 Å². The molecule has 0 radical (unpaired) electrons. The molecule has 0 unspecified atom stereocenters. The number of carbonyl (C=O) groups is 3. The van der Waals surface area contributed by atoms with E-state index in [9.17, 15) is 14.4 Å². The van der Waals surface area contributed by atoms with Gasteiger partial charge in [-0.05, 0) is 43.7 Å². The van der Waals surface area contributed by atoms with Gasteiger partial charge < -0.3 is 25.0 Å². The van der Waals surface area contributed by atoms with Crippen LogP contribution in [0.2, 0.25) is 0 Å². The molecule has 1 aromatic rings. The van der Waals surface area contributed by atoms with Crippen molar-refractivity contribution in [2.45, 2.75) is 67.2 Å². The second-order valence-corrected chi connectivity index (χ2v) is 12.5. The number of ether oxygens (including phenoxy) is 2. The normalized spacial score (nSPS) is 31.9. The van der Waals surface area contributed by atoms with E-state index in [2.05, 4.69) is 15.5 Å². The van der Waals surface area contributed by atoms with Gasteiger partial charge in [0.25, 0.3) is 0 Å². The molecule has 6 rings (SSSR count). The lowest BCUT2D eigenvalue weighted by atomic mass is 9.74. The van der Waals surface area contributed by atoms with E-state index in [0.717, 1.165) is 69.8 Å². The highest BCUT2D eigenvalue weighted by atomic mass is 32.2. The Morgan fingerprint density at radius 2 is 1.90 bits per heavy atom. The number of hydrogen-bond donors (Lipinski definition) is 2. The topological polar surface area (TPSA) is 100 Å². The standard InChI is InChI=1S/C30H40N4O5S/c1-40-22-10-5-9-21(19-22)32-27(35)24-23-11-12-30(39-23)25(24)29(37)34(14-6-13-33-15-17-38-18-16-33)26(30)28(36)31-20-7-3-2-4-8-20/h5,9-12,19-20,23-26H,2-4,6-8,13-18H2,1H3,(H,31,36)(H,32,35)/t23-,24-,25-,26+,30-/m0/s1. The van der Waals surface area contributed by atoms with Gasteiger partial charge in [0.2, 0.25) is 17.7 Å². The van der Waals surface area contributed by atoms with Crippen molar-refractivity contribution in [3.8, 4) is 0 Å². The largest absolute Gasteiger partial charge is 0.379 e. The van der Waals surface area contributed by atoms with Crippen LogP contribution in [0, 0.1) is 11.8 Å². The second kappa shape index (κ2) is 11.8. The quantitative estimate of drug-likeness (QED) is 0.349. The Hall–Kier alpha value is -2.40. The lowest BCUT2D eigenvalue weighted by Gasteiger charge is -2.34. The molecule has 0 aromatic heterocycles. The minimum Gasteiger partial charge on any atom is -0.379 e. The highest BCUT2D eigenvalue weighted by Crippen LogP contribution is 2.55. The lowest BCUT2D eigenvalue weighted by molar-refractivity contribution is -0.141. The Morgan fingerprint density at radius 1 is 1.10 bits per heavy atom. The van der Waals surface area contributed by atoms with Crippen LogP contribution in [0.15, 0.2) is 41.3 Å². The maximum atomic E-state index is 14.1. The Labute approximate surface area is 240 Å². The molecule has 4 aliphatic heterocycles. The fraction of sp³-hybridized carbons (Fsp3) is 0.633. The van der Waals surface area contributed by atoms with Crippen molar-refractivity contribution >= 4 is 35.2 Å². The minimum atomic E-state index is -1.12. The van der Waals surface area contributed by atoms with E-state index in [0.29, 0.717) is 12.2 Å². The van der Waals surface area contributed by atoms with Crippen molar-refractivity contribution in [3.05, 3.63) is 36.4 Å². The number of amides is 3. The van der Waals surface area contributed by atoms with Crippen LogP contribution in [-0.2, 0) is 23.9 Å². The SMILES string of the molecule is CSc1cccc(NC(=O)[C@H]2[C@@H]3C=C[C@]4(O3)[C@@H]2C(=O)N(CCCN2CCOCC2)[C@@H]4C(=O)NC2CCCCC2)c1. The van der Waals surface area contributed by atoms with Crippen molar-refractivity contribution in [3.63, 3.8) is 0 Å². The molecule has 3 saturated heterocycles. The highest BCUT2D eigenvalue weighted by molar-refractivity contribution is 7.98. The van der Waals surface area contributed by atoms with Crippen LogP contribution in [0.1, 0.15) is 38.5 Å². The van der Waals surface area contributed by atoms with Crippen molar-refractivity contribution in [1.29, 1.82) is 0 Å². The number of anilines is 1. The van der Waals surface area contributed by atoms with Crippen molar-refractivity contribution < 1.29 is 23.9 Å². The molecule has 9 nitrogen and oxygen atoms in total. The number of thioether (sulfide) groups is 1. The van der Waals surface area contributed by atoms with Gasteiger partial charge in [-0.25, -0.2) is 0 Å². The molecular formula is C30H40N4O5S. The maximum absolute atomic E-state index is 14.1. The highest BCUT2D eigenvalue weighted by Gasteiger charge is 2.72. The number of morpholine rings is 1. The van der Waals surface area contributed by atoms with Gasteiger partial charge in [0.1, 0.15) is 11.6 Å².